The zero-order chi connectivity index (χ0) is 15.9. The molecule has 0 radical (unpaired) electrons. The first kappa shape index (κ1) is 17.6. The molecule has 0 aromatic carbocycles. The van der Waals surface area contributed by atoms with Crippen LogP contribution < -0.4 is 4.72 Å². The number of unbranched alkanes of at least 4 members (excludes halogenated alkanes) is 1. The Morgan fingerprint density at radius 2 is 2.14 bits per heavy atom. The lowest BCUT2D eigenvalue weighted by Crippen LogP contribution is -2.25. The molecule has 0 bridgehead atoms. The Morgan fingerprint density at radius 1 is 1.43 bits per heavy atom. The van der Waals surface area contributed by atoms with Gasteiger partial charge in [-0.1, -0.05) is 0 Å². The zero-order valence-electron chi connectivity index (χ0n) is 12.3. The molecule has 0 atom stereocenters. The number of hydrogen-bond donors (Lipinski definition) is 2. The van der Waals surface area contributed by atoms with Gasteiger partial charge in [-0.25, -0.2) is 13.1 Å². The molecule has 1 aromatic heterocycles. The van der Waals surface area contributed by atoms with Crippen LogP contribution in [0.25, 0.3) is 0 Å². The maximum atomic E-state index is 12.0. The predicted octanol–water partition coefficient (Wildman–Crippen LogP) is -0.0221. The maximum Gasteiger partial charge on any atom is 0.305 e. The second-order valence-electron chi connectivity index (χ2n) is 4.99. The number of aryl methyl sites for hydroxylation is 1. The van der Waals surface area contributed by atoms with Gasteiger partial charge in [0.1, 0.15) is 4.90 Å². The summed E-state index contributed by atoms with van der Waals surface area (Å²) in [5, 5.41) is 12.4. The minimum absolute atomic E-state index is 0.0560. The van der Waals surface area contributed by atoms with Gasteiger partial charge in [0, 0.05) is 12.7 Å². The molecular formula is C12H22N4O4S. The van der Waals surface area contributed by atoms with Gasteiger partial charge < -0.3 is 10.0 Å². The Bertz CT molecular complexity index is 553. The van der Waals surface area contributed by atoms with Crippen molar-refractivity contribution in [1.82, 2.24) is 19.4 Å². The SMILES string of the molecule is CN(C)CCCCNS(=O)(=O)c1cnn(CCC(=O)O)c1. The van der Waals surface area contributed by atoms with Crippen LogP contribution in [-0.2, 0) is 21.4 Å². The van der Waals surface area contributed by atoms with Gasteiger partial charge in [-0.15, -0.1) is 0 Å². The molecule has 8 nitrogen and oxygen atoms in total. The molecule has 0 saturated heterocycles. The molecule has 0 aliphatic rings. The van der Waals surface area contributed by atoms with E-state index in [-0.39, 0.29) is 17.9 Å². The number of nitrogens with zero attached hydrogens (tertiary/aromatic N) is 3. The number of carbonyl (C=O) groups is 1. The molecule has 0 unspecified atom stereocenters. The predicted molar refractivity (Wildman–Crippen MR) is 77.5 cm³/mol. The standard InChI is InChI=1S/C12H22N4O4S/c1-15(2)7-4-3-6-14-21(19,20)11-9-13-16(10-11)8-5-12(17)18/h9-10,14H,3-8H2,1-2H3,(H,17,18). The fraction of sp³-hybridized carbons (Fsp3) is 0.667. The van der Waals surface area contributed by atoms with Gasteiger partial charge in [-0.05, 0) is 33.5 Å². The van der Waals surface area contributed by atoms with E-state index in [1.54, 1.807) is 0 Å². The second kappa shape index (κ2) is 8.11. The van der Waals surface area contributed by atoms with Crippen LogP contribution in [0.15, 0.2) is 17.3 Å². The van der Waals surface area contributed by atoms with Crippen LogP contribution in [0.4, 0.5) is 0 Å². The monoisotopic (exact) mass is 318 g/mol. The highest BCUT2D eigenvalue weighted by Gasteiger charge is 2.15. The summed E-state index contributed by atoms with van der Waals surface area (Å²) in [5.41, 5.74) is 0. The Morgan fingerprint density at radius 3 is 2.76 bits per heavy atom. The van der Waals surface area contributed by atoms with E-state index in [0.29, 0.717) is 6.54 Å². The molecule has 120 valence electrons. The third kappa shape index (κ3) is 6.69. The quantitative estimate of drug-likeness (QED) is 0.587. The van der Waals surface area contributed by atoms with Crippen molar-refractivity contribution in [3.63, 3.8) is 0 Å². The Labute approximate surface area is 124 Å². The largest absolute Gasteiger partial charge is 0.481 e. The average molecular weight is 318 g/mol. The second-order valence-corrected chi connectivity index (χ2v) is 6.76. The molecule has 0 fully saturated rings. The Balaban J connectivity index is 2.45. The first-order valence-corrected chi connectivity index (χ1v) is 8.18. The summed E-state index contributed by atoms with van der Waals surface area (Å²) in [7, 11) is 0.363. The van der Waals surface area contributed by atoms with Crippen LogP contribution in [0.1, 0.15) is 19.3 Å². The number of aliphatic carboxylic acids is 1. The van der Waals surface area contributed by atoms with Crippen molar-refractivity contribution in [3.05, 3.63) is 12.4 Å². The summed E-state index contributed by atoms with van der Waals surface area (Å²) >= 11 is 0. The molecule has 0 aliphatic heterocycles. The lowest BCUT2D eigenvalue weighted by atomic mass is 10.3. The number of sulfonamides is 1. The first-order valence-electron chi connectivity index (χ1n) is 6.70. The summed E-state index contributed by atoms with van der Waals surface area (Å²) in [6.07, 6.45) is 4.13. The van der Waals surface area contributed by atoms with Crippen LogP contribution >= 0.6 is 0 Å². The van der Waals surface area contributed by atoms with Crippen LogP contribution in [0, 0.1) is 0 Å². The molecule has 1 heterocycles. The summed E-state index contributed by atoms with van der Waals surface area (Å²) in [4.78, 5) is 12.6. The van der Waals surface area contributed by atoms with E-state index >= 15 is 0 Å². The minimum atomic E-state index is -3.57. The Hall–Kier alpha value is -1.45. The smallest absolute Gasteiger partial charge is 0.305 e. The van der Waals surface area contributed by atoms with Crippen molar-refractivity contribution in [2.75, 3.05) is 27.2 Å². The van der Waals surface area contributed by atoms with Crippen molar-refractivity contribution in [1.29, 1.82) is 0 Å². The third-order valence-electron chi connectivity index (χ3n) is 2.80. The van der Waals surface area contributed by atoms with Crippen LogP contribution in [0.5, 0.6) is 0 Å². The summed E-state index contributed by atoms with van der Waals surface area (Å²) in [6.45, 7) is 1.43. The fourth-order valence-electron chi connectivity index (χ4n) is 1.66. The number of carboxylic acids is 1. The molecule has 0 aliphatic carbocycles. The summed E-state index contributed by atoms with van der Waals surface area (Å²) < 4.78 is 27.8. The zero-order valence-corrected chi connectivity index (χ0v) is 13.1. The molecule has 0 saturated carbocycles. The molecule has 2 N–H and O–H groups in total. The highest BCUT2D eigenvalue weighted by atomic mass is 32.2. The highest BCUT2D eigenvalue weighted by molar-refractivity contribution is 7.89. The summed E-state index contributed by atoms with van der Waals surface area (Å²) in [5.74, 6) is -0.950. The van der Waals surface area contributed by atoms with Crippen LogP contribution in [0.3, 0.4) is 0 Å². The van der Waals surface area contributed by atoms with Gasteiger partial charge in [0.2, 0.25) is 10.0 Å². The third-order valence-corrected chi connectivity index (χ3v) is 4.21. The summed E-state index contributed by atoms with van der Waals surface area (Å²) in [6, 6.07) is 0. The van der Waals surface area contributed by atoms with Crippen molar-refractivity contribution in [3.8, 4) is 0 Å². The van der Waals surface area contributed by atoms with E-state index in [9.17, 15) is 13.2 Å². The number of aromatic nitrogens is 2. The number of nitrogens with one attached hydrogen (secondary N) is 1. The van der Waals surface area contributed by atoms with E-state index in [4.69, 9.17) is 5.11 Å². The molecule has 1 rings (SSSR count). The van der Waals surface area contributed by atoms with Crippen molar-refractivity contribution < 1.29 is 18.3 Å². The molecule has 1 aromatic rings. The topological polar surface area (TPSA) is 105 Å². The average Bonchev–Trinajstić information content (AvgIpc) is 2.85. The number of hydrogen-bond acceptors (Lipinski definition) is 5. The van der Waals surface area contributed by atoms with Gasteiger partial charge in [0.15, 0.2) is 0 Å². The van der Waals surface area contributed by atoms with Gasteiger partial charge in [-0.3, -0.25) is 9.48 Å². The fourth-order valence-corrected chi connectivity index (χ4v) is 2.68. The van der Waals surface area contributed by atoms with E-state index in [0.717, 1.165) is 19.4 Å². The Kier molecular flexibility index (Phi) is 6.79. The lowest BCUT2D eigenvalue weighted by molar-refractivity contribution is -0.137. The van der Waals surface area contributed by atoms with Gasteiger partial charge in [-0.2, -0.15) is 5.10 Å². The minimum Gasteiger partial charge on any atom is -0.481 e. The van der Waals surface area contributed by atoms with Gasteiger partial charge in [0.05, 0.1) is 19.2 Å². The van der Waals surface area contributed by atoms with Crippen molar-refractivity contribution >= 4 is 16.0 Å². The number of rotatable bonds is 10. The van der Waals surface area contributed by atoms with E-state index < -0.39 is 16.0 Å². The van der Waals surface area contributed by atoms with Crippen molar-refractivity contribution in [2.24, 2.45) is 0 Å². The molecular weight excluding hydrogens is 296 g/mol. The number of carboxylic acid groups (broad SMARTS) is 1. The van der Waals surface area contributed by atoms with Gasteiger partial charge in [0.25, 0.3) is 0 Å². The van der Waals surface area contributed by atoms with E-state index in [1.165, 1.54) is 17.1 Å². The van der Waals surface area contributed by atoms with Crippen molar-refractivity contribution in [2.45, 2.75) is 30.7 Å². The van der Waals surface area contributed by atoms with E-state index in [2.05, 4.69) is 9.82 Å². The maximum absolute atomic E-state index is 12.0. The lowest BCUT2D eigenvalue weighted by Gasteiger charge is -2.09. The van der Waals surface area contributed by atoms with E-state index in [1.807, 2.05) is 19.0 Å². The highest BCUT2D eigenvalue weighted by Crippen LogP contribution is 2.07. The molecule has 0 spiro atoms. The first-order chi connectivity index (χ1) is 9.81. The van der Waals surface area contributed by atoms with Gasteiger partial charge >= 0.3 is 5.97 Å². The molecule has 21 heavy (non-hydrogen) atoms. The normalized spacial score (nSPS) is 12.0. The molecule has 9 heteroatoms. The van der Waals surface area contributed by atoms with Crippen LogP contribution in [0.2, 0.25) is 0 Å². The van der Waals surface area contributed by atoms with Crippen LogP contribution in [-0.4, -0.2) is 61.4 Å². The molecule has 0 amide bonds.